The fourth-order valence-electron chi connectivity index (χ4n) is 5.19. The average Bonchev–Trinajstić information content (AvgIpc) is 3.54. The molecule has 2 atom stereocenters. The minimum atomic E-state index is -0.680. The lowest BCUT2D eigenvalue weighted by Gasteiger charge is -2.28. The highest BCUT2D eigenvalue weighted by Crippen LogP contribution is 2.33. The molecule has 0 spiro atoms. The molecule has 0 radical (unpaired) electrons. The minimum absolute atomic E-state index is 0.134. The Bertz CT molecular complexity index is 1350. The number of rotatable bonds is 3. The molecule has 31 heavy (non-hydrogen) atoms. The highest BCUT2D eigenvalue weighted by molar-refractivity contribution is 5.81. The summed E-state index contributed by atoms with van der Waals surface area (Å²) >= 11 is 0. The number of likely N-dealkylation sites (tertiary alicyclic amines) is 1. The zero-order valence-corrected chi connectivity index (χ0v) is 17.7. The Kier molecular flexibility index (Phi) is 4.06. The maximum Gasteiger partial charge on any atom is 0.281 e. The standard InChI is InChI=1S/C22H25N7O2/c1-22(10-6-12-31-22)29-18-8-4-3-7-17(18)27-14-23-20(19(27)21(29)30)28-13-15(24-25-28)16-9-5-11-26(16)2/h3-4,7-8,13-14,16H,5-6,9-12H2,1-2H3. The van der Waals surface area contributed by atoms with Gasteiger partial charge in [-0.25, -0.2) is 4.98 Å². The normalized spacial score (nSPS) is 24.6. The van der Waals surface area contributed by atoms with Gasteiger partial charge in [0.2, 0.25) is 0 Å². The first kappa shape index (κ1) is 18.7. The second-order valence-electron chi connectivity index (χ2n) is 8.77. The van der Waals surface area contributed by atoms with E-state index < -0.39 is 5.72 Å². The highest BCUT2D eigenvalue weighted by Gasteiger charge is 2.35. The van der Waals surface area contributed by atoms with Gasteiger partial charge in [0.05, 0.1) is 23.3 Å². The summed E-state index contributed by atoms with van der Waals surface area (Å²) in [5, 5.41) is 8.74. The molecule has 0 bridgehead atoms. The van der Waals surface area contributed by atoms with E-state index in [1.165, 1.54) is 0 Å². The highest BCUT2D eigenvalue weighted by atomic mass is 16.5. The van der Waals surface area contributed by atoms with Crippen LogP contribution in [0, 0.1) is 0 Å². The van der Waals surface area contributed by atoms with Gasteiger partial charge in [-0.1, -0.05) is 17.3 Å². The van der Waals surface area contributed by atoms with Crippen LogP contribution >= 0.6 is 0 Å². The second-order valence-corrected chi connectivity index (χ2v) is 8.77. The number of fused-ring (bicyclic) bond motifs is 3. The quantitative estimate of drug-likeness (QED) is 0.507. The number of aromatic nitrogens is 6. The third-order valence-corrected chi connectivity index (χ3v) is 6.80. The molecule has 2 fully saturated rings. The van der Waals surface area contributed by atoms with Gasteiger partial charge in [0.25, 0.3) is 5.56 Å². The third kappa shape index (κ3) is 2.69. The number of ether oxygens (including phenoxy) is 1. The fourth-order valence-corrected chi connectivity index (χ4v) is 5.19. The summed E-state index contributed by atoms with van der Waals surface area (Å²) in [6.07, 6.45) is 7.53. The molecule has 3 aromatic heterocycles. The van der Waals surface area contributed by atoms with Crippen molar-refractivity contribution in [3.05, 3.63) is 52.8 Å². The number of imidazole rings is 1. The Morgan fingerprint density at radius 1 is 1.19 bits per heavy atom. The SMILES string of the molecule is CN1CCCC1c1cn(-c2ncn3c2c(=O)n(C2(C)CCCO2)c2ccccc23)nn1. The summed E-state index contributed by atoms with van der Waals surface area (Å²) in [5.74, 6) is 0.491. The van der Waals surface area contributed by atoms with Crippen LogP contribution in [0.15, 0.2) is 41.6 Å². The van der Waals surface area contributed by atoms with Gasteiger partial charge in [-0.15, -0.1) is 5.10 Å². The maximum atomic E-state index is 13.9. The van der Waals surface area contributed by atoms with Gasteiger partial charge < -0.3 is 4.74 Å². The Hall–Kier alpha value is -3.04. The van der Waals surface area contributed by atoms with E-state index in [-0.39, 0.29) is 11.6 Å². The molecule has 9 nitrogen and oxygen atoms in total. The van der Waals surface area contributed by atoms with E-state index >= 15 is 0 Å². The summed E-state index contributed by atoms with van der Waals surface area (Å²) in [4.78, 5) is 20.7. The summed E-state index contributed by atoms with van der Waals surface area (Å²) in [7, 11) is 2.11. The van der Waals surface area contributed by atoms with Gasteiger partial charge in [-0.05, 0) is 58.3 Å². The lowest BCUT2D eigenvalue weighted by atomic mass is 10.1. The predicted octanol–water partition coefficient (Wildman–Crippen LogP) is 2.48. The van der Waals surface area contributed by atoms with Gasteiger partial charge in [-0.2, -0.15) is 4.68 Å². The molecule has 1 aromatic carbocycles. The van der Waals surface area contributed by atoms with Crippen LogP contribution in [-0.2, 0) is 10.5 Å². The van der Waals surface area contributed by atoms with E-state index in [1.54, 1.807) is 15.6 Å². The van der Waals surface area contributed by atoms with Gasteiger partial charge >= 0.3 is 0 Å². The summed E-state index contributed by atoms with van der Waals surface area (Å²) in [5.41, 5.74) is 2.31. The van der Waals surface area contributed by atoms with E-state index in [2.05, 4.69) is 27.2 Å². The predicted molar refractivity (Wildman–Crippen MR) is 115 cm³/mol. The van der Waals surface area contributed by atoms with E-state index in [4.69, 9.17) is 4.74 Å². The Balaban J connectivity index is 1.59. The Morgan fingerprint density at radius 2 is 2.03 bits per heavy atom. The summed E-state index contributed by atoms with van der Waals surface area (Å²) < 4.78 is 11.3. The first-order valence-electron chi connectivity index (χ1n) is 10.8. The van der Waals surface area contributed by atoms with Gasteiger partial charge in [0.15, 0.2) is 11.3 Å². The molecule has 160 valence electrons. The van der Waals surface area contributed by atoms with Gasteiger partial charge in [0.1, 0.15) is 17.7 Å². The smallest absolute Gasteiger partial charge is 0.281 e. The molecule has 9 heteroatoms. The first-order chi connectivity index (χ1) is 15.1. The van der Waals surface area contributed by atoms with Crippen LogP contribution in [0.4, 0.5) is 0 Å². The van der Waals surface area contributed by atoms with Crippen molar-refractivity contribution in [1.29, 1.82) is 0 Å². The monoisotopic (exact) mass is 419 g/mol. The molecule has 5 heterocycles. The molecule has 0 N–H and O–H groups in total. The van der Waals surface area contributed by atoms with E-state index in [1.807, 2.05) is 41.8 Å². The van der Waals surface area contributed by atoms with Crippen LogP contribution in [0.5, 0.6) is 0 Å². The zero-order valence-electron chi connectivity index (χ0n) is 17.7. The topological polar surface area (TPSA) is 82.5 Å². The molecule has 0 saturated carbocycles. The molecule has 6 rings (SSSR count). The zero-order chi connectivity index (χ0) is 21.2. The van der Waals surface area contributed by atoms with Crippen molar-refractivity contribution in [2.75, 3.05) is 20.2 Å². The summed E-state index contributed by atoms with van der Waals surface area (Å²) in [6, 6.07) is 8.14. The van der Waals surface area contributed by atoms with Crippen LogP contribution in [0.25, 0.3) is 22.4 Å². The molecule has 2 saturated heterocycles. The van der Waals surface area contributed by atoms with Crippen molar-refractivity contribution in [2.24, 2.45) is 0 Å². The number of hydrogen-bond donors (Lipinski definition) is 0. The molecule has 2 aliphatic heterocycles. The number of nitrogens with zero attached hydrogens (tertiary/aromatic N) is 7. The number of hydrogen-bond acceptors (Lipinski definition) is 6. The van der Waals surface area contributed by atoms with Gasteiger partial charge in [-0.3, -0.25) is 18.7 Å². The molecular weight excluding hydrogens is 394 g/mol. The molecule has 0 aliphatic carbocycles. The van der Waals surface area contributed by atoms with Crippen LogP contribution in [0.3, 0.4) is 0 Å². The molecule has 0 amide bonds. The minimum Gasteiger partial charge on any atom is -0.355 e. The van der Waals surface area contributed by atoms with Crippen molar-refractivity contribution in [3.8, 4) is 5.82 Å². The van der Waals surface area contributed by atoms with Crippen LogP contribution in [-0.4, -0.2) is 54.0 Å². The Morgan fingerprint density at radius 3 is 2.77 bits per heavy atom. The van der Waals surface area contributed by atoms with Crippen LogP contribution in [0.1, 0.15) is 44.3 Å². The largest absolute Gasteiger partial charge is 0.355 e. The lowest BCUT2D eigenvalue weighted by molar-refractivity contribution is -0.0447. The second kappa shape index (κ2) is 6.73. The number of benzene rings is 1. The molecule has 2 aliphatic rings. The van der Waals surface area contributed by atoms with Crippen molar-refractivity contribution in [2.45, 2.75) is 44.4 Å². The first-order valence-corrected chi connectivity index (χ1v) is 10.8. The van der Waals surface area contributed by atoms with Crippen molar-refractivity contribution in [3.63, 3.8) is 0 Å². The van der Waals surface area contributed by atoms with E-state index in [0.29, 0.717) is 17.9 Å². The third-order valence-electron chi connectivity index (χ3n) is 6.80. The van der Waals surface area contributed by atoms with Crippen molar-refractivity contribution < 1.29 is 4.74 Å². The summed E-state index contributed by atoms with van der Waals surface area (Å²) in [6.45, 7) is 3.69. The average molecular weight is 419 g/mol. The van der Waals surface area contributed by atoms with E-state index in [0.717, 1.165) is 49.0 Å². The van der Waals surface area contributed by atoms with Crippen LogP contribution in [0.2, 0.25) is 0 Å². The van der Waals surface area contributed by atoms with Crippen LogP contribution < -0.4 is 5.56 Å². The van der Waals surface area contributed by atoms with E-state index in [9.17, 15) is 4.79 Å². The van der Waals surface area contributed by atoms with Crippen molar-refractivity contribution in [1.82, 2.24) is 33.8 Å². The number of para-hydroxylation sites is 2. The molecule has 2 unspecified atom stereocenters. The van der Waals surface area contributed by atoms with Gasteiger partial charge in [0, 0.05) is 6.61 Å². The fraction of sp³-hybridized carbons (Fsp3) is 0.455. The molecular formula is C22H25N7O2. The Labute approximate surface area is 178 Å². The lowest BCUT2D eigenvalue weighted by Crippen LogP contribution is -2.39. The van der Waals surface area contributed by atoms with Crippen molar-refractivity contribution >= 4 is 16.6 Å². The molecule has 4 aromatic rings. The maximum absolute atomic E-state index is 13.9.